The summed E-state index contributed by atoms with van der Waals surface area (Å²) in [6.07, 6.45) is 15.4. The zero-order chi connectivity index (χ0) is 45.8. The topological polar surface area (TPSA) is 185 Å². The molecular weight excluding hydrogens is 857 g/mol. The van der Waals surface area contributed by atoms with E-state index in [4.69, 9.17) is 9.47 Å². The molecule has 10 rings (SSSR count). The summed E-state index contributed by atoms with van der Waals surface area (Å²) in [5, 5.41) is 16.1. The molecule has 5 heterocycles. The normalized spacial score (nSPS) is 22.5. The number of piperidine rings is 1. The van der Waals surface area contributed by atoms with Crippen LogP contribution in [0.15, 0.2) is 84.1 Å². The number of rotatable bonds is 13. The minimum Gasteiger partial charge on any atom is -0.455 e. The summed E-state index contributed by atoms with van der Waals surface area (Å²) >= 11 is 0. The second kappa shape index (κ2) is 17.6. The Labute approximate surface area is 386 Å². The van der Waals surface area contributed by atoms with E-state index in [9.17, 15) is 23.3 Å². The fourth-order valence-corrected chi connectivity index (χ4v) is 12.1. The molecule has 3 N–H and O–H groups in total. The molecule has 3 aliphatic carbocycles. The third-order valence-electron chi connectivity index (χ3n) is 15.2. The molecule has 2 aliphatic heterocycles. The largest absolute Gasteiger partial charge is 0.455 e. The van der Waals surface area contributed by atoms with Crippen molar-refractivity contribution in [1.82, 2.24) is 24.6 Å². The summed E-state index contributed by atoms with van der Waals surface area (Å²) in [5.41, 5.74) is 4.48. The molecule has 1 amide bonds. The van der Waals surface area contributed by atoms with Gasteiger partial charge in [-0.05, 0) is 129 Å². The molecule has 3 saturated carbocycles. The second-order valence-electron chi connectivity index (χ2n) is 20.4. The van der Waals surface area contributed by atoms with Crippen molar-refractivity contribution in [2.45, 2.75) is 114 Å². The number of anilines is 2. The number of aromatic amines is 1. The average molecular weight is 917 g/mol. The van der Waals surface area contributed by atoms with Crippen LogP contribution >= 0.6 is 0 Å². The fraction of sp³-hybridized carbons (Fsp3) is 0.500. The van der Waals surface area contributed by atoms with Crippen LogP contribution in [0.25, 0.3) is 11.0 Å². The maximum Gasteiger partial charge on any atom is 0.312 e. The van der Waals surface area contributed by atoms with Gasteiger partial charge in [-0.25, -0.2) is 23.1 Å². The molecule has 15 nitrogen and oxygen atoms in total. The lowest BCUT2D eigenvalue weighted by Gasteiger charge is -2.59. The highest BCUT2D eigenvalue weighted by Gasteiger charge is 2.51. The van der Waals surface area contributed by atoms with Gasteiger partial charge in [0.25, 0.3) is 15.9 Å². The van der Waals surface area contributed by atoms with Crippen LogP contribution < -0.4 is 19.7 Å². The van der Waals surface area contributed by atoms with E-state index in [2.05, 4.69) is 79.8 Å². The molecule has 3 aromatic heterocycles. The van der Waals surface area contributed by atoms with Gasteiger partial charge < -0.3 is 24.7 Å². The minimum absolute atomic E-state index is 0.0132. The van der Waals surface area contributed by atoms with Crippen LogP contribution in [0.4, 0.5) is 17.2 Å². The standard InChI is InChI=1S/C50H60N8O7S/c1-32-30-64-31-44(41-7-5-4-6-40(41)34-8-9-34)57(32)37-25-50(26-37)17-20-56(21-18-50)36-10-11-42(45(23-36)65-38-22-35-14-19-51-46(35)53-28-38)48(59)55-66(62,63)39-24-43(58(60)61)47(54-29-39)52-27-33-12-15-49(2,3)16-13-33/h4-7,10-11,14,19,22-24,28-29,32-34,37,44H,8-9,12-13,15-18,20-21,25-27,30-31H2,1-3H3,(H,51,53)(H,52,54)(H,55,59)/t32?,44-/m0/s1. The Morgan fingerprint density at radius 1 is 0.955 bits per heavy atom. The van der Waals surface area contributed by atoms with Gasteiger partial charge in [0, 0.05) is 61.1 Å². The SMILES string of the molecule is CC1COC[C@@H](c2ccccc2C2CC2)N1C1CC2(CCN(c3ccc(C(=O)NS(=O)(=O)c4cnc(NCC5CCC(C)(C)CC5)c([N+](=O)[O-])c4)c(Oc4cnc5[nH]ccc5c4)c3)CC2)C1. The average Bonchev–Trinajstić information content (AvgIpc) is 4.04. The highest BCUT2D eigenvalue weighted by molar-refractivity contribution is 7.90. The molecule has 66 heavy (non-hydrogen) atoms. The highest BCUT2D eigenvalue weighted by atomic mass is 32.2. The van der Waals surface area contributed by atoms with Crippen molar-refractivity contribution in [2.75, 3.05) is 43.1 Å². The van der Waals surface area contributed by atoms with Gasteiger partial charge in [0.2, 0.25) is 5.82 Å². The van der Waals surface area contributed by atoms with Crippen molar-refractivity contribution in [1.29, 1.82) is 0 Å². The number of H-pyrrole nitrogens is 1. The van der Waals surface area contributed by atoms with E-state index in [0.29, 0.717) is 41.9 Å². The molecule has 0 radical (unpaired) electrons. The van der Waals surface area contributed by atoms with Crippen molar-refractivity contribution in [3.63, 3.8) is 0 Å². The number of aromatic nitrogens is 3. The number of fused-ring (bicyclic) bond motifs is 1. The Kier molecular flexibility index (Phi) is 11.8. The summed E-state index contributed by atoms with van der Waals surface area (Å²) < 4.78 is 42.2. The van der Waals surface area contributed by atoms with E-state index in [-0.39, 0.29) is 34.0 Å². The van der Waals surface area contributed by atoms with Crippen molar-refractivity contribution >= 4 is 44.2 Å². The lowest BCUT2D eigenvalue weighted by Crippen LogP contribution is -2.60. The van der Waals surface area contributed by atoms with Gasteiger partial charge in [0.05, 0.1) is 42.1 Å². The third-order valence-corrected chi connectivity index (χ3v) is 16.5. The van der Waals surface area contributed by atoms with Crippen LogP contribution in [-0.2, 0) is 14.8 Å². The predicted octanol–water partition coefficient (Wildman–Crippen LogP) is 9.49. The number of carbonyl (C=O) groups is 1. The fourth-order valence-electron chi connectivity index (χ4n) is 11.2. The number of benzene rings is 2. The smallest absolute Gasteiger partial charge is 0.312 e. The van der Waals surface area contributed by atoms with E-state index in [1.165, 1.54) is 24.0 Å². The zero-order valence-corrected chi connectivity index (χ0v) is 38.8. The second-order valence-corrected chi connectivity index (χ2v) is 22.1. The first-order valence-corrected chi connectivity index (χ1v) is 25.1. The van der Waals surface area contributed by atoms with Crippen LogP contribution in [0.2, 0.25) is 0 Å². The molecule has 5 fully saturated rings. The predicted molar refractivity (Wildman–Crippen MR) is 253 cm³/mol. The number of pyridine rings is 2. The van der Waals surface area contributed by atoms with Gasteiger partial charge in [0.1, 0.15) is 22.0 Å². The Balaban J connectivity index is 0.840. The molecule has 2 aromatic carbocycles. The quantitative estimate of drug-likeness (QED) is 0.0752. The van der Waals surface area contributed by atoms with Gasteiger partial charge in [-0.2, -0.15) is 0 Å². The Morgan fingerprint density at radius 3 is 2.45 bits per heavy atom. The van der Waals surface area contributed by atoms with Crippen molar-refractivity contribution in [2.24, 2.45) is 16.7 Å². The van der Waals surface area contributed by atoms with Crippen LogP contribution in [0, 0.1) is 26.9 Å². The van der Waals surface area contributed by atoms with Gasteiger partial charge in [-0.15, -0.1) is 0 Å². The highest BCUT2D eigenvalue weighted by Crippen LogP contribution is 2.54. The summed E-state index contributed by atoms with van der Waals surface area (Å²) in [6.45, 7) is 10.4. The summed E-state index contributed by atoms with van der Waals surface area (Å²) in [6, 6.07) is 19.9. The molecular formula is C50H60N8O7S. The van der Waals surface area contributed by atoms with Crippen LogP contribution in [-0.4, -0.2) is 84.0 Å². The van der Waals surface area contributed by atoms with E-state index in [0.717, 1.165) is 101 Å². The number of morpholine rings is 1. The molecule has 16 heteroatoms. The molecule has 0 bridgehead atoms. The molecule has 348 valence electrons. The van der Waals surface area contributed by atoms with Crippen molar-refractivity contribution in [3.05, 3.63) is 106 Å². The van der Waals surface area contributed by atoms with Crippen LogP contribution in [0.3, 0.4) is 0 Å². The van der Waals surface area contributed by atoms with Crippen molar-refractivity contribution in [3.8, 4) is 11.5 Å². The maximum absolute atomic E-state index is 14.0. The molecule has 2 saturated heterocycles. The third kappa shape index (κ3) is 9.11. The van der Waals surface area contributed by atoms with Crippen LogP contribution in [0.5, 0.6) is 11.5 Å². The number of hydrogen-bond acceptors (Lipinski definition) is 12. The number of carbonyl (C=O) groups excluding carboxylic acids is 1. The van der Waals surface area contributed by atoms with E-state index in [1.54, 1.807) is 30.6 Å². The molecule has 5 aromatic rings. The maximum atomic E-state index is 14.0. The van der Waals surface area contributed by atoms with E-state index in [1.807, 2.05) is 12.1 Å². The number of nitrogens with one attached hydrogen (secondary N) is 3. The lowest BCUT2D eigenvalue weighted by atomic mass is 9.59. The lowest BCUT2D eigenvalue weighted by molar-refractivity contribution is -0.384. The number of nitro groups is 1. The monoisotopic (exact) mass is 916 g/mol. The van der Waals surface area contributed by atoms with Gasteiger partial charge in [-0.1, -0.05) is 38.1 Å². The van der Waals surface area contributed by atoms with Gasteiger partial charge in [0.15, 0.2) is 0 Å². The summed E-state index contributed by atoms with van der Waals surface area (Å²) in [7, 11) is -4.61. The van der Waals surface area contributed by atoms with E-state index >= 15 is 0 Å². The number of hydrogen-bond donors (Lipinski definition) is 3. The molecule has 1 unspecified atom stereocenters. The zero-order valence-electron chi connectivity index (χ0n) is 38.0. The summed E-state index contributed by atoms with van der Waals surface area (Å²) in [4.78, 5) is 41.8. The van der Waals surface area contributed by atoms with Gasteiger partial charge in [-0.3, -0.25) is 19.8 Å². The summed E-state index contributed by atoms with van der Waals surface area (Å²) in [5.74, 6) is 0.550. The minimum atomic E-state index is -4.61. The Morgan fingerprint density at radius 2 is 1.71 bits per heavy atom. The molecule has 5 aliphatic rings. The first-order valence-electron chi connectivity index (χ1n) is 23.6. The number of nitrogens with zero attached hydrogens (tertiary/aromatic N) is 5. The number of sulfonamides is 1. The Hall–Kier alpha value is -5.58. The van der Waals surface area contributed by atoms with Crippen molar-refractivity contribution < 1.29 is 27.6 Å². The number of amides is 1. The van der Waals surface area contributed by atoms with Crippen LogP contribution in [0.1, 0.15) is 118 Å². The first-order chi connectivity index (χ1) is 31.7. The number of ether oxygens (including phenoxy) is 2. The first kappa shape index (κ1) is 44.3. The molecule has 2 atom stereocenters. The molecule has 1 spiro atoms. The Bertz CT molecular complexity index is 2730. The van der Waals surface area contributed by atoms with E-state index < -0.39 is 31.4 Å². The van der Waals surface area contributed by atoms with Gasteiger partial charge >= 0.3 is 5.69 Å².